The zero-order chi connectivity index (χ0) is 16.8. The molecule has 0 saturated heterocycles. The number of halogens is 1. The van der Waals surface area contributed by atoms with Crippen LogP contribution in [0.25, 0.3) is 0 Å². The maximum absolute atomic E-state index is 12.3. The van der Waals surface area contributed by atoms with Crippen molar-refractivity contribution in [3.63, 3.8) is 0 Å². The Bertz CT molecular complexity index is 536. The summed E-state index contributed by atoms with van der Waals surface area (Å²) in [5.74, 6) is -0.0736. The summed E-state index contributed by atoms with van der Waals surface area (Å²) in [6.07, 6.45) is 3.79. The normalized spacial score (nSPS) is 20.0. The molecule has 1 aromatic carbocycles. The minimum absolute atomic E-state index is 0. The molecule has 3 N–H and O–H groups in total. The lowest BCUT2D eigenvalue weighted by atomic mass is 9.91. The molecule has 1 saturated carbocycles. The Balaban J connectivity index is 0.00000288. The third-order valence-electron chi connectivity index (χ3n) is 4.55. The monoisotopic (exact) mass is 353 g/mol. The average Bonchev–Trinajstić information content (AvgIpc) is 2.58. The summed E-state index contributed by atoms with van der Waals surface area (Å²) in [5.41, 5.74) is 7.10. The molecule has 0 heterocycles. The molecule has 1 fully saturated rings. The molecule has 0 radical (unpaired) electrons. The topological polar surface area (TPSA) is 75.4 Å². The van der Waals surface area contributed by atoms with Crippen molar-refractivity contribution in [1.29, 1.82) is 0 Å². The van der Waals surface area contributed by atoms with Crippen molar-refractivity contribution in [1.82, 2.24) is 10.2 Å². The summed E-state index contributed by atoms with van der Waals surface area (Å²) in [4.78, 5) is 26.3. The van der Waals surface area contributed by atoms with Crippen molar-refractivity contribution >= 4 is 24.2 Å². The molecule has 6 heteroatoms. The van der Waals surface area contributed by atoms with Gasteiger partial charge in [-0.25, -0.2) is 0 Å². The van der Waals surface area contributed by atoms with E-state index in [-0.39, 0.29) is 36.3 Å². The van der Waals surface area contributed by atoms with E-state index in [1.165, 1.54) is 0 Å². The van der Waals surface area contributed by atoms with Crippen LogP contribution in [-0.2, 0) is 0 Å². The lowest BCUT2D eigenvalue weighted by Gasteiger charge is -2.26. The fourth-order valence-electron chi connectivity index (χ4n) is 2.99. The van der Waals surface area contributed by atoms with Gasteiger partial charge in [0.05, 0.1) is 0 Å². The Morgan fingerprint density at radius 3 is 2.04 bits per heavy atom. The van der Waals surface area contributed by atoms with E-state index >= 15 is 0 Å². The predicted molar refractivity (Wildman–Crippen MR) is 98.6 cm³/mol. The number of amides is 2. The first-order valence-electron chi connectivity index (χ1n) is 8.50. The van der Waals surface area contributed by atoms with Crippen molar-refractivity contribution in [3.05, 3.63) is 35.4 Å². The largest absolute Gasteiger partial charge is 0.349 e. The maximum Gasteiger partial charge on any atom is 0.253 e. The maximum atomic E-state index is 12.3. The van der Waals surface area contributed by atoms with Crippen molar-refractivity contribution in [3.8, 4) is 0 Å². The first-order chi connectivity index (χ1) is 11.0. The van der Waals surface area contributed by atoms with Gasteiger partial charge in [0.25, 0.3) is 11.8 Å². The van der Waals surface area contributed by atoms with Gasteiger partial charge in [-0.1, -0.05) is 0 Å². The highest BCUT2D eigenvalue weighted by Crippen LogP contribution is 2.17. The second kappa shape index (κ2) is 9.64. The van der Waals surface area contributed by atoms with E-state index in [2.05, 4.69) is 5.32 Å². The number of rotatable bonds is 5. The molecule has 1 aliphatic rings. The van der Waals surface area contributed by atoms with Crippen LogP contribution in [0.5, 0.6) is 0 Å². The van der Waals surface area contributed by atoms with Crippen molar-refractivity contribution in [2.24, 2.45) is 5.73 Å². The first-order valence-corrected chi connectivity index (χ1v) is 8.50. The minimum Gasteiger partial charge on any atom is -0.349 e. The highest BCUT2D eigenvalue weighted by molar-refractivity contribution is 5.97. The smallest absolute Gasteiger partial charge is 0.253 e. The SMILES string of the molecule is CCN(CC)C(=O)c1ccc(C(=O)NC2CCC(N)CC2)cc1.Cl. The van der Waals surface area contributed by atoms with Crippen LogP contribution in [0.3, 0.4) is 0 Å². The molecule has 0 bridgehead atoms. The fraction of sp³-hybridized carbons (Fsp3) is 0.556. The Morgan fingerprint density at radius 1 is 1.04 bits per heavy atom. The van der Waals surface area contributed by atoms with Gasteiger partial charge >= 0.3 is 0 Å². The van der Waals surface area contributed by atoms with Crippen LogP contribution in [0, 0.1) is 0 Å². The molecular formula is C18H28ClN3O2. The predicted octanol–water partition coefficient (Wildman–Crippen LogP) is 2.59. The summed E-state index contributed by atoms with van der Waals surface area (Å²) in [6.45, 7) is 5.28. The van der Waals surface area contributed by atoms with Crippen LogP contribution < -0.4 is 11.1 Å². The van der Waals surface area contributed by atoms with E-state index in [0.29, 0.717) is 24.2 Å². The van der Waals surface area contributed by atoms with Gasteiger partial charge < -0.3 is 16.0 Å². The van der Waals surface area contributed by atoms with Gasteiger partial charge in [0.2, 0.25) is 0 Å². The molecule has 2 amide bonds. The number of hydrogen-bond acceptors (Lipinski definition) is 3. The number of carbonyl (C=O) groups is 2. The first kappa shape index (κ1) is 20.5. The van der Waals surface area contributed by atoms with E-state index in [1.54, 1.807) is 29.2 Å². The Labute approximate surface area is 150 Å². The summed E-state index contributed by atoms with van der Waals surface area (Å²) in [5, 5.41) is 3.06. The van der Waals surface area contributed by atoms with E-state index < -0.39 is 0 Å². The van der Waals surface area contributed by atoms with Gasteiger partial charge in [-0.3, -0.25) is 9.59 Å². The van der Waals surface area contributed by atoms with E-state index in [1.807, 2.05) is 13.8 Å². The van der Waals surface area contributed by atoms with Gasteiger partial charge in [0.1, 0.15) is 0 Å². The minimum atomic E-state index is -0.0766. The zero-order valence-electron chi connectivity index (χ0n) is 14.5. The molecule has 24 heavy (non-hydrogen) atoms. The summed E-state index contributed by atoms with van der Waals surface area (Å²) >= 11 is 0. The lowest BCUT2D eigenvalue weighted by Crippen LogP contribution is -2.40. The Hall–Kier alpha value is -1.59. The van der Waals surface area contributed by atoms with Gasteiger partial charge in [0.15, 0.2) is 0 Å². The van der Waals surface area contributed by atoms with Crippen molar-refractivity contribution in [2.45, 2.75) is 51.6 Å². The molecule has 5 nitrogen and oxygen atoms in total. The molecule has 134 valence electrons. The van der Waals surface area contributed by atoms with E-state index in [9.17, 15) is 9.59 Å². The number of benzene rings is 1. The molecule has 1 aromatic rings. The average molecular weight is 354 g/mol. The quantitative estimate of drug-likeness (QED) is 0.854. The number of nitrogens with zero attached hydrogens (tertiary/aromatic N) is 1. The summed E-state index contributed by atoms with van der Waals surface area (Å²) in [7, 11) is 0. The third kappa shape index (κ3) is 5.21. The van der Waals surface area contributed by atoms with Crippen LogP contribution in [0.1, 0.15) is 60.2 Å². The van der Waals surface area contributed by atoms with Crippen LogP contribution in [-0.4, -0.2) is 41.9 Å². The highest BCUT2D eigenvalue weighted by atomic mass is 35.5. The van der Waals surface area contributed by atoms with Crippen molar-refractivity contribution in [2.75, 3.05) is 13.1 Å². The molecule has 1 aliphatic carbocycles. The fourth-order valence-corrected chi connectivity index (χ4v) is 2.99. The molecule has 0 aromatic heterocycles. The second-order valence-electron chi connectivity index (χ2n) is 6.14. The van der Waals surface area contributed by atoms with E-state index in [4.69, 9.17) is 5.73 Å². The lowest BCUT2D eigenvalue weighted by molar-refractivity contribution is 0.0772. The summed E-state index contributed by atoms with van der Waals surface area (Å²) < 4.78 is 0. The van der Waals surface area contributed by atoms with Crippen molar-refractivity contribution < 1.29 is 9.59 Å². The standard InChI is InChI=1S/C18H27N3O2.ClH/c1-3-21(4-2)18(23)14-7-5-13(6-8-14)17(22)20-16-11-9-15(19)10-12-16;/h5-8,15-16H,3-4,9-12,19H2,1-2H3,(H,20,22);1H. The van der Waals surface area contributed by atoms with Gasteiger partial charge in [0, 0.05) is 36.3 Å². The van der Waals surface area contributed by atoms with Crippen LogP contribution >= 0.6 is 12.4 Å². The van der Waals surface area contributed by atoms with Crippen LogP contribution in [0.15, 0.2) is 24.3 Å². The van der Waals surface area contributed by atoms with E-state index in [0.717, 1.165) is 25.7 Å². The zero-order valence-corrected chi connectivity index (χ0v) is 15.3. The molecular weight excluding hydrogens is 326 g/mol. The van der Waals surface area contributed by atoms with Gasteiger partial charge in [-0.15, -0.1) is 12.4 Å². The number of nitrogens with two attached hydrogens (primary N) is 1. The van der Waals surface area contributed by atoms with Crippen LogP contribution in [0.2, 0.25) is 0 Å². The third-order valence-corrected chi connectivity index (χ3v) is 4.55. The second-order valence-corrected chi connectivity index (χ2v) is 6.14. The molecule has 0 spiro atoms. The Morgan fingerprint density at radius 2 is 1.54 bits per heavy atom. The summed E-state index contributed by atoms with van der Waals surface area (Å²) in [6, 6.07) is 7.38. The highest BCUT2D eigenvalue weighted by Gasteiger charge is 2.20. The van der Waals surface area contributed by atoms with Gasteiger partial charge in [-0.05, 0) is 63.8 Å². The number of nitrogens with one attached hydrogen (secondary N) is 1. The molecule has 0 unspecified atom stereocenters. The molecule has 2 rings (SSSR count). The number of hydrogen-bond donors (Lipinski definition) is 2. The number of carbonyl (C=O) groups excluding carboxylic acids is 2. The molecule has 0 atom stereocenters. The van der Waals surface area contributed by atoms with Crippen LogP contribution in [0.4, 0.5) is 0 Å². The Kier molecular flexibility index (Phi) is 8.22. The molecule has 0 aliphatic heterocycles. The van der Waals surface area contributed by atoms with Gasteiger partial charge in [-0.2, -0.15) is 0 Å².